The lowest BCUT2D eigenvalue weighted by molar-refractivity contribution is -0.160. The first-order valence-electron chi connectivity index (χ1n) is 12.1. The quantitative estimate of drug-likeness (QED) is 0.147. The van der Waals surface area contributed by atoms with Gasteiger partial charge in [-0.15, -0.1) is 0 Å². The molecule has 2 rings (SSSR count). The number of aryl methyl sites for hydroxylation is 1. The van der Waals surface area contributed by atoms with Gasteiger partial charge in [-0.05, 0) is 67.2 Å². The fourth-order valence-electron chi connectivity index (χ4n) is 4.17. The van der Waals surface area contributed by atoms with Crippen LogP contribution in [0.2, 0.25) is 10.0 Å². The summed E-state index contributed by atoms with van der Waals surface area (Å²) in [6, 6.07) is 8.36. The predicted molar refractivity (Wildman–Crippen MR) is 146 cm³/mol. The van der Waals surface area contributed by atoms with Crippen molar-refractivity contribution in [3.63, 3.8) is 0 Å². The van der Waals surface area contributed by atoms with Gasteiger partial charge >= 0.3 is 12.4 Å². The highest BCUT2D eigenvalue weighted by atomic mass is 35.5. The lowest BCUT2D eigenvalue weighted by Crippen LogP contribution is -2.37. The van der Waals surface area contributed by atoms with Crippen LogP contribution in [0.25, 0.3) is 5.57 Å². The average Bonchev–Trinajstić information content (AvgIpc) is 2.80. The Morgan fingerprint density at radius 3 is 2.00 bits per heavy atom. The molecule has 0 aliphatic carbocycles. The molecule has 214 valence electrons. The minimum atomic E-state index is -4.76. The molecule has 0 amide bonds. The van der Waals surface area contributed by atoms with E-state index in [0.29, 0.717) is 22.3 Å². The molecular weight excluding hydrogens is 585 g/mol. The molecule has 39 heavy (non-hydrogen) atoms. The first-order valence-corrected chi connectivity index (χ1v) is 13.3. The average molecular weight is 613 g/mol. The number of carbonyl (C=O) groups is 2. The normalized spacial score (nSPS) is 14.3. The molecular formula is C28H28Cl2F6O2S. The van der Waals surface area contributed by atoms with Gasteiger partial charge in [-0.3, -0.25) is 9.59 Å². The Labute approximate surface area is 239 Å². The third kappa shape index (κ3) is 9.57. The Morgan fingerprint density at radius 2 is 1.49 bits per heavy atom. The molecule has 0 fully saturated rings. The van der Waals surface area contributed by atoms with Crippen LogP contribution >= 0.6 is 35.8 Å². The molecule has 0 saturated carbocycles. The van der Waals surface area contributed by atoms with Crippen LogP contribution in [-0.2, 0) is 9.54 Å². The van der Waals surface area contributed by atoms with Gasteiger partial charge in [0.2, 0.25) is 0 Å². The second-order valence-corrected chi connectivity index (χ2v) is 11.0. The summed E-state index contributed by atoms with van der Waals surface area (Å²) in [6.45, 7) is 3.26. The van der Waals surface area contributed by atoms with Crippen LogP contribution in [-0.4, -0.2) is 23.9 Å². The molecule has 0 aromatic heterocycles. The molecule has 0 aliphatic rings. The maximum absolute atomic E-state index is 14.3. The Hall–Kier alpha value is -1.97. The van der Waals surface area contributed by atoms with Crippen molar-refractivity contribution in [1.29, 1.82) is 0 Å². The highest BCUT2D eigenvalue weighted by Crippen LogP contribution is 2.51. The van der Waals surface area contributed by atoms with Crippen molar-refractivity contribution in [2.45, 2.75) is 75.9 Å². The van der Waals surface area contributed by atoms with Gasteiger partial charge in [0, 0.05) is 47.7 Å². The molecule has 0 heterocycles. The minimum Gasteiger partial charge on any atom is -0.300 e. The number of thiol groups is 1. The number of Topliss-reactive ketones (excluding diaryl/α,β-unsaturated/α-hetero) is 2. The third-order valence-electron chi connectivity index (χ3n) is 6.28. The molecule has 1 atom stereocenters. The number of alkyl halides is 6. The summed E-state index contributed by atoms with van der Waals surface area (Å²) in [4.78, 5) is 24.5. The fraction of sp³-hybridized carbons (Fsp3) is 0.429. The van der Waals surface area contributed by atoms with Gasteiger partial charge in [0.1, 0.15) is 10.5 Å². The second-order valence-electron chi connectivity index (χ2n) is 9.32. The molecule has 2 aromatic rings. The molecule has 0 radical (unpaired) electrons. The van der Waals surface area contributed by atoms with Crippen molar-refractivity contribution in [2.24, 2.45) is 0 Å². The Morgan fingerprint density at radius 1 is 0.897 bits per heavy atom. The Balaban J connectivity index is 2.14. The van der Waals surface area contributed by atoms with E-state index < -0.39 is 29.9 Å². The Bertz CT molecular complexity index is 1200. The van der Waals surface area contributed by atoms with Gasteiger partial charge in [-0.25, -0.2) is 0 Å². The summed E-state index contributed by atoms with van der Waals surface area (Å²) < 4.78 is 76.9. The summed E-state index contributed by atoms with van der Waals surface area (Å²) >= 11 is 16.0. The number of hydrogen-bond donors (Lipinski definition) is 1. The third-order valence-corrected chi connectivity index (χ3v) is 7.38. The van der Waals surface area contributed by atoms with Crippen LogP contribution < -0.4 is 0 Å². The number of ketones is 2. The number of carbonyl (C=O) groups excluding carboxylic acids is 2. The van der Waals surface area contributed by atoms with Crippen molar-refractivity contribution in [3.05, 3.63) is 74.8 Å². The minimum absolute atomic E-state index is 0.00155. The standard InChI is InChI=1S/C28H28Cl2F6O2S/c1-3-18(16-26(39,28(34,35)36)20-13-21(29)15-22(30)14-20)19-9-10-24(17(2)12-19)25(38)8-4-6-23(37)7-5-11-27(31,32)33/h3,9-10,12-15,39H,4-8,11,16H2,1-2H3/b18-3+. The summed E-state index contributed by atoms with van der Waals surface area (Å²) in [5.74, 6) is -0.602. The molecule has 0 N–H and O–H groups in total. The first kappa shape index (κ1) is 33.2. The number of rotatable bonds is 12. The van der Waals surface area contributed by atoms with E-state index in [4.69, 9.17) is 23.2 Å². The van der Waals surface area contributed by atoms with Gasteiger partial charge in [0.25, 0.3) is 0 Å². The SMILES string of the molecule is C/C=C(\CC(S)(c1cc(Cl)cc(Cl)c1)C(F)(F)F)c1ccc(C(=O)CCCC(=O)CCCC(F)(F)F)c(C)c1. The van der Waals surface area contributed by atoms with Gasteiger partial charge in [0.05, 0.1) is 0 Å². The van der Waals surface area contributed by atoms with Crippen LogP contribution in [0.15, 0.2) is 42.5 Å². The molecule has 2 aromatic carbocycles. The lowest BCUT2D eigenvalue weighted by atomic mass is 9.86. The highest BCUT2D eigenvalue weighted by Gasteiger charge is 2.54. The van der Waals surface area contributed by atoms with Crippen molar-refractivity contribution < 1.29 is 35.9 Å². The van der Waals surface area contributed by atoms with E-state index in [1.54, 1.807) is 32.1 Å². The summed E-state index contributed by atoms with van der Waals surface area (Å²) in [5, 5.41) is 0.0906. The van der Waals surface area contributed by atoms with E-state index in [2.05, 4.69) is 12.6 Å². The lowest BCUT2D eigenvalue weighted by Gasteiger charge is -2.33. The van der Waals surface area contributed by atoms with Gasteiger partial charge in [-0.1, -0.05) is 47.5 Å². The van der Waals surface area contributed by atoms with Crippen LogP contribution in [0.4, 0.5) is 26.3 Å². The maximum Gasteiger partial charge on any atom is 0.407 e. The van der Waals surface area contributed by atoms with Gasteiger partial charge in [0.15, 0.2) is 5.78 Å². The topological polar surface area (TPSA) is 34.1 Å². The van der Waals surface area contributed by atoms with Crippen LogP contribution in [0.3, 0.4) is 0 Å². The van der Waals surface area contributed by atoms with Crippen molar-refractivity contribution in [3.8, 4) is 0 Å². The molecule has 0 spiro atoms. The fourth-order valence-corrected chi connectivity index (χ4v) is 5.00. The zero-order valence-electron chi connectivity index (χ0n) is 21.3. The molecule has 0 saturated heterocycles. The monoisotopic (exact) mass is 612 g/mol. The smallest absolute Gasteiger partial charge is 0.300 e. The molecule has 0 aliphatic heterocycles. The van der Waals surface area contributed by atoms with Crippen LogP contribution in [0.5, 0.6) is 0 Å². The number of hydrogen-bond acceptors (Lipinski definition) is 3. The summed E-state index contributed by atoms with van der Waals surface area (Å²) in [7, 11) is 0. The molecule has 0 bridgehead atoms. The van der Waals surface area contributed by atoms with Crippen LogP contribution in [0.1, 0.15) is 78.9 Å². The van der Waals surface area contributed by atoms with E-state index in [-0.39, 0.29) is 59.3 Å². The highest BCUT2D eigenvalue weighted by molar-refractivity contribution is 7.81. The zero-order valence-corrected chi connectivity index (χ0v) is 23.7. The van der Waals surface area contributed by atoms with Crippen molar-refractivity contribution >= 4 is 53.0 Å². The van der Waals surface area contributed by atoms with Crippen molar-refractivity contribution in [2.75, 3.05) is 0 Å². The van der Waals surface area contributed by atoms with E-state index in [1.807, 2.05) is 0 Å². The number of benzene rings is 2. The van der Waals surface area contributed by atoms with E-state index in [0.717, 1.165) is 0 Å². The summed E-state index contributed by atoms with van der Waals surface area (Å²) in [6.07, 6.45) is -9.34. The molecule has 1 unspecified atom stereocenters. The van der Waals surface area contributed by atoms with Gasteiger partial charge < -0.3 is 0 Å². The molecule has 11 heteroatoms. The van der Waals surface area contributed by atoms with Crippen molar-refractivity contribution in [1.82, 2.24) is 0 Å². The van der Waals surface area contributed by atoms with E-state index >= 15 is 0 Å². The summed E-state index contributed by atoms with van der Waals surface area (Å²) in [5.41, 5.74) is 1.50. The number of allylic oxidation sites excluding steroid dienone is 2. The predicted octanol–water partition coefficient (Wildman–Crippen LogP) is 10.1. The molecule has 2 nitrogen and oxygen atoms in total. The van der Waals surface area contributed by atoms with Gasteiger partial charge in [-0.2, -0.15) is 39.0 Å². The van der Waals surface area contributed by atoms with E-state index in [9.17, 15) is 35.9 Å². The largest absolute Gasteiger partial charge is 0.407 e. The number of halogens is 8. The first-order chi connectivity index (χ1) is 18.0. The Kier molecular flexibility index (Phi) is 11.6. The second kappa shape index (κ2) is 13.6. The maximum atomic E-state index is 14.3. The van der Waals surface area contributed by atoms with Crippen LogP contribution in [0, 0.1) is 6.92 Å². The zero-order chi connectivity index (χ0) is 29.6. The van der Waals surface area contributed by atoms with E-state index in [1.165, 1.54) is 24.3 Å².